The monoisotopic (exact) mass is 447 g/mol. The third-order valence-electron chi connectivity index (χ3n) is 5.70. The molecule has 5 nitrogen and oxygen atoms in total. The quantitative estimate of drug-likeness (QED) is 0.209. The first-order valence-electron chi connectivity index (χ1n) is 12.6. The van der Waals surface area contributed by atoms with Gasteiger partial charge in [0.1, 0.15) is 6.04 Å². The number of carbonyl (C=O) groups excluding carboxylic acids is 2. The zero-order chi connectivity index (χ0) is 23.4. The fourth-order valence-corrected chi connectivity index (χ4v) is 3.86. The van der Waals surface area contributed by atoms with Crippen LogP contribution >= 0.6 is 0 Å². The summed E-state index contributed by atoms with van der Waals surface area (Å²) in [5.74, 6) is -0.583. The normalized spacial score (nSPS) is 12.8. The Bertz CT molecular complexity index is 605. The molecule has 32 heavy (non-hydrogen) atoms. The summed E-state index contributed by atoms with van der Waals surface area (Å²) in [6.07, 6.45) is 13.9. The van der Waals surface area contributed by atoms with Crippen LogP contribution in [0.2, 0.25) is 0 Å². The van der Waals surface area contributed by atoms with Gasteiger partial charge in [0.2, 0.25) is 5.91 Å². The molecule has 0 heterocycles. The SMILES string of the molecule is CCCCCCCCCCCC(CC(=O)N[C@@H](Cc1ccccc1)C(=O)OC)OCCC. The Morgan fingerprint density at radius 1 is 0.875 bits per heavy atom. The molecule has 0 spiro atoms. The van der Waals surface area contributed by atoms with Gasteiger partial charge in [0.25, 0.3) is 0 Å². The van der Waals surface area contributed by atoms with Crippen molar-refractivity contribution in [2.75, 3.05) is 13.7 Å². The van der Waals surface area contributed by atoms with E-state index in [1.807, 2.05) is 30.3 Å². The highest BCUT2D eigenvalue weighted by Crippen LogP contribution is 2.15. The number of amides is 1. The smallest absolute Gasteiger partial charge is 0.328 e. The number of hydrogen-bond acceptors (Lipinski definition) is 4. The van der Waals surface area contributed by atoms with Crippen molar-refractivity contribution in [2.24, 2.45) is 0 Å². The Morgan fingerprint density at radius 3 is 2.09 bits per heavy atom. The van der Waals surface area contributed by atoms with E-state index in [1.165, 1.54) is 58.5 Å². The highest BCUT2D eigenvalue weighted by atomic mass is 16.5. The van der Waals surface area contributed by atoms with Crippen LogP contribution in [-0.4, -0.2) is 37.7 Å². The van der Waals surface area contributed by atoms with Gasteiger partial charge in [0, 0.05) is 13.0 Å². The summed E-state index contributed by atoms with van der Waals surface area (Å²) in [6, 6.07) is 8.97. The summed E-state index contributed by atoms with van der Waals surface area (Å²) in [6.45, 7) is 4.97. The number of benzene rings is 1. The van der Waals surface area contributed by atoms with E-state index in [9.17, 15) is 9.59 Å². The molecule has 1 aromatic carbocycles. The van der Waals surface area contributed by atoms with Crippen molar-refractivity contribution >= 4 is 11.9 Å². The van der Waals surface area contributed by atoms with Gasteiger partial charge in [-0.1, -0.05) is 102 Å². The van der Waals surface area contributed by atoms with Crippen molar-refractivity contribution in [1.82, 2.24) is 5.32 Å². The number of hydrogen-bond donors (Lipinski definition) is 1. The predicted molar refractivity (Wildman–Crippen MR) is 131 cm³/mol. The largest absolute Gasteiger partial charge is 0.467 e. The van der Waals surface area contributed by atoms with E-state index >= 15 is 0 Å². The van der Waals surface area contributed by atoms with Gasteiger partial charge in [-0.2, -0.15) is 0 Å². The predicted octanol–water partition coefficient (Wildman–Crippen LogP) is 5.99. The molecule has 0 saturated carbocycles. The molecule has 1 amide bonds. The Labute approximate surface area is 195 Å². The molecule has 2 atom stereocenters. The van der Waals surface area contributed by atoms with E-state index in [-0.39, 0.29) is 18.4 Å². The highest BCUT2D eigenvalue weighted by Gasteiger charge is 2.23. The first-order valence-corrected chi connectivity index (χ1v) is 12.6. The van der Waals surface area contributed by atoms with Gasteiger partial charge in [-0.3, -0.25) is 4.79 Å². The number of methoxy groups -OCH3 is 1. The minimum absolute atomic E-state index is 0.102. The van der Waals surface area contributed by atoms with Crippen molar-refractivity contribution in [1.29, 1.82) is 0 Å². The van der Waals surface area contributed by atoms with E-state index < -0.39 is 12.0 Å². The van der Waals surface area contributed by atoms with Crippen LogP contribution < -0.4 is 5.32 Å². The molecule has 1 rings (SSSR count). The number of rotatable bonds is 19. The molecule has 182 valence electrons. The Kier molecular flexibility index (Phi) is 16.4. The Hall–Kier alpha value is -1.88. The summed E-state index contributed by atoms with van der Waals surface area (Å²) >= 11 is 0. The van der Waals surface area contributed by atoms with Crippen LogP contribution in [0, 0.1) is 0 Å². The number of ether oxygens (including phenoxy) is 2. The maximum absolute atomic E-state index is 12.7. The van der Waals surface area contributed by atoms with Gasteiger partial charge < -0.3 is 14.8 Å². The van der Waals surface area contributed by atoms with Crippen LogP contribution in [0.25, 0.3) is 0 Å². The molecule has 0 aliphatic heterocycles. The lowest BCUT2D eigenvalue weighted by Crippen LogP contribution is -2.44. The van der Waals surface area contributed by atoms with Crippen molar-refractivity contribution < 1.29 is 19.1 Å². The molecule has 0 radical (unpaired) electrons. The molecule has 0 aliphatic carbocycles. The van der Waals surface area contributed by atoms with E-state index in [4.69, 9.17) is 9.47 Å². The van der Waals surface area contributed by atoms with Gasteiger partial charge in [0.15, 0.2) is 0 Å². The van der Waals surface area contributed by atoms with Crippen LogP contribution in [0.3, 0.4) is 0 Å². The van der Waals surface area contributed by atoms with E-state index in [2.05, 4.69) is 19.2 Å². The third kappa shape index (κ3) is 13.5. The fourth-order valence-electron chi connectivity index (χ4n) is 3.86. The minimum Gasteiger partial charge on any atom is -0.467 e. The first-order chi connectivity index (χ1) is 15.6. The molecule has 5 heteroatoms. The van der Waals surface area contributed by atoms with E-state index in [1.54, 1.807) is 0 Å². The van der Waals surface area contributed by atoms with Crippen LogP contribution in [0.5, 0.6) is 0 Å². The topological polar surface area (TPSA) is 64.6 Å². The molecule has 0 aromatic heterocycles. The fraction of sp³-hybridized carbons (Fsp3) is 0.704. The molecule has 1 N–H and O–H groups in total. The summed E-state index contributed by atoms with van der Waals surface area (Å²) in [4.78, 5) is 24.9. The molecule has 0 bridgehead atoms. The van der Waals surface area contributed by atoms with E-state index in [0.717, 1.165) is 24.8 Å². The summed E-state index contributed by atoms with van der Waals surface area (Å²) in [5.41, 5.74) is 0.983. The molecular weight excluding hydrogens is 402 g/mol. The standard InChI is InChI=1S/C27H45NO4/c1-4-6-7-8-9-10-11-12-16-19-24(32-20-5-2)22-26(29)28-25(27(30)31-3)21-23-17-14-13-15-18-23/h13-15,17-18,24-25H,4-12,16,19-22H2,1-3H3,(H,28,29)/t24?,25-/m0/s1. The zero-order valence-electron chi connectivity index (χ0n) is 20.6. The van der Waals surface area contributed by atoms with Crippen LogP contribution in [0.1, 0.15) is 96.5 Å². The molecular formula is C27H45NO4. The van der Waals surface area contributed by atoms with Crippen LogP contribution in [0.15, 0.2) is 30.3 Å². The third-order valence-corrected chi connectivity index (χ3v) is 5.70. The second-order valence-electron chi connectivity index (χ2n) is 8.65. The second-order valence-corrected chi connectivity index (χ2v) is 8.65. The average Bonchev–Trinajstić information content (AvgIpc) is 2.81. The van der Waals surface area contributed by atoms with Crippen LogP contribution in [-0.2, 0) is 25.5 Å². The van der Waals surface area contributed by atoms with Crippen molar-refractivity contribution in [3.8, 4) is 0 Å². The summed E-state index contributed by atoms with van der Waals surface area (Å²) in [5, 5.41) is 2.86. The Balaban J connectivity index is 2.43. The first kappa shape index (κ1) is 28.2. The molecule has 0 aliphatic rings. The van der Waals surface area contributed by atoms with Crippen molar-refractivity contribution in [3.63, 3.8) is 0 Å². The summed E-state index contributed by atoms with van der Waals surface area (Å²) in [7, 11) is 1.35. The lowest BCUT2D eigenvalue weighted by atomic mass is 10.0. The van der Waals surface area contributed by atoms with Crippen molar-refractivity contribution in [3.05, 3.63) is 35.9 Å². The average molecular weight is 448 g/mol. The van der Waals surface area contributed by atoms with E-state index in [0.29, 0.717) is 13.0 Å². The summed E-state index contributed by atoms with van der Waals surface area (Å²) < 4.78 is 10.8. The molecule has 1 aromatic rings. The maximum Gasteiger partial charge on any atom is 0.328 e. The van der Waals surface area contributed by atoms with Crippen LogP contribution in [0.4, 0.5) is 0 Å². The Morgan fingerprint density at radius 2 is 1.50 bits per heavy atom. The maximum atomic E-state index is 12.7. The zero-order valence-corrected chi connectivity index (χ0v) is 20.6. The van der Waals surface area contributed by atoms with Gasteiger partial charge in [-0.15, -0.1) is 0 Å². The lowest BCUT2D eigenvalue weighted by molar-refractivity contribution is -0.145. The van der Waals surface area contributed by atoms with Crippen molar-refractivity contribution in [2.45, 2.75) is 109 Å². The van der Waals surface area contributed by atoms with Gasteiger partial charge >= 0.3 is 5.97 Å². The number of nitrogens with one attached hydrogen (secondary N) is 1. The minimum atomic E-state index is -0.686. The second kappa shape index (κ2) is 18.7. The highest BCUT2D eigenvalue weighted by molar-refractivity contribution is 5.84. The van der Waals surface area contributed by atoms with Gasteiger partial charge in [0.05, 0.1) is 19.6 Å². The molecule has 0 fully saturated rings. The molecule has 0 saturated heterocycles. The number of unbranched alkanes of at least 4 members (excludes halogenated alkanes) is 8. The lowest BCUT2D eigenvalue weighted by Gasteiger charge is -2.20. The number of carbonyl (C=O) groups is 2. The number of esters is 1. The van der Waals surface area contributed by atoms with Gasteiger partial charge in [-0.25, -0.2) is 4.79 Å². The van der Waals surface area contributed by atoms with Gasteiger partial charge in [-0.05, 0) is 18.4 Å². The molecule has 1 unspecified atom stereocenters.